The van der Waals surface area contributed by atoms with Gasteiger partial charge in [-0.2, -0.15) is 0 Å². The molecule has 0 rings (SSSR count). The van der Waals surface area contributed by atoms with Crippen LogP contribution in [0.2, 0.25) is 0 Å². The molecule has 0 aliphatic heterocycles. The Morgan fingerprint density at radius 3 is 2.00 bits per heavy atom. The highest BCUT2D eigenvalue weighted by atomic mass is 35.9. The summed E-state index contributed by atoms with van der Waals surface area (Å²) in [6.07, 6.45) is 1.92. The van der Waals surface area contributed by atoms with E-state index in [1.807, 2.05) is 19.9 Å². The molecule has 0 aliphatic rings. The summed E-state index contributed by atoms with van der Waals surface area (Å²) in [5.74, 6) is 0. The van der Waals surface area contributed by atoms with E-state index in [1.165, 1.54) is 0 Å². The quantitative estimate of drug-likeness (QED) is 0.509. The van der Waals surface area contributed by atoms with Crippen molar-refractivity contribution in [3.63, 3.8) is 0 Å². The third-order valence-corrected chi connectivity index (χ3v) is 3.08. The van der Waals surface area contributed by atoms with Gasteiger partial charge in [-0.05, 0) is 19.2 Å². The molecule has 42 valence electrons. The predicted octanol–water partition coefficient (Wildman–Crippen LogP) is 3.70. The molecule has 0 aromatic rings. The second-order valence-corrected chi connectivity index (χ2v) is 4.88. The fourth-order valence-electron chi connectivity index (χ4n) is 0.0976. The van der Waals surface area contributed by atoms with Crippen LogP contribution in [-0.4, -0.2) is 0 Å². The summed E-state index contributed by atoms with van der Waals surface area (Å²) in [4.78, 5) is 0. The molecule has 3 heteroatoms. The molecular weight excluding hydrogens is 150 g/mol. The fraction of sp³-hybridized carbons (Fsp3) is 0.500. The van der Waals surface area contributed by atoms with Crippen molar-refractivity contribution in [2.45, 2.75) is 13.8 Å². The van der Waals surface area contributed by atoms with E-state index < -0.39 is 6.63 Å². The van der Waals surface area contributed by atoms with Crippen molar-refractivity contribution in [3.8, 4) is 0 Å². The molecule has 0 aromatic heterocycles. The highest BCUT2D eigenvalue weighted by molar-refractivity contribution is 8.06. The minimum absolute atomic E-state index is 0.856. The Balaban J connectivity index is 3.56. The predicted molar refractivity (Wildman–Crippen MR) is 38.1 cm³/mol. The van der Waals surface area contributed by atoms with Gasteiger partial charge in [-0.1, -0.05) is 28.6 Å². The minimum atomic E-state index is -0.856. The maximum atomic E-state index is 5.49. The summed E-state index contributed by atoms with van der Waals surface area (Å²) in [6.45, 7) is 2.99. The molecule has 0 heterocycles. The minimum Gasteiger partial charge on any atom is -0.0820 e. The van der Waals surface area contributed by atoms with Crippen LogP contribution in [0.1, 0.15) is 13.8 Å². The van der Waals surface area contributed by atoms with Gasteiger partial charge in [-0.15, -0.1) is 0 Å². The van der Waals surface area contributed by atoms with Gasteiger partial charge in [-0.3, -0.25) is 0 Å². The van der Waals surface area contributed by atoms with Gasteiger partial charge in [-0.25, -0.2) is 0 Å². The first-order chi connectivity index (χ1) is 3.18. The molecule has 0 aliphatic carbocycles. The Morgan fingerprint density at radius 2 is 2.00 bits per heavy atom. The Kier molecular flexibility index (Phi) is 4.11. The lowest BCUT2D eigenvalue weighted by Crippen LogP contribution is -1.55. The van der Waals surface area contributed by atoms with Crippen molar-refractivity contribution >= 4 is 29.1 Å². The molecule has 7 heavy (non-hydrogen) atoms. The van der Waals surface area contributed by atoms with Crippen molar-refractivity contribution in [2.24, 2.45) is 0 Å². The first kappa shape index (κ1) is 7.75. The average Bonchev–Trinajstić information content (AvgIpc) is 1.65. The molecule has 0 atom stereocenters. The van der Waals surface area contributed by atoms with Gasteiger partial charge in [0.2, 0.25) is 0 Å². The number of allylic oxidation sites excluding steroid dienone is 2. The zero-order valence-electron chi connectivity index (χ0n) is 4.28. The van der Waals surface area contributed by atoms with E-state index in [0.717, 1.165) is 5.31 Å². The van der Waals surface area contributed by atoms with E-state index >= 15 is 0 Å². The van der Waals surface area contributed by atoms with Crippen LogP contribution in [0.4, 0.5) is 0 Å². The molecule has 0 nitrogen and oxygen atoms in total. The Morgan fingerprint density at radius 1 is 1.57 bits per heavy atom. The van der Waals surface area contributed by atoms with E-state index in [0.29, 0.717) is 0 Å². The lowest BCUT2D eigenvalue weighted by Gasteiger charge is -1.94. The smallest absolute Gasteiger partial charge is 0.0820 e. The van der Waals surface area contributed by atoms with Crippen LogP contribution in [0.5, 0.6) is 0 Å². The molecule has 0 bridgehead atoms. The molecule has 0 amide bonds. The molecule has 0 N–H and O–H groups in total. The van der Waals surface area contributed by atoms with Gasteiger partial charge in [0.25, 0.3) is 0 Å². The molecule has 0 unspecified atom stereocenters. The average molecular weight is 157 g/mol. The normalized spacial score (nSPS) is 13.0. The molecule has 0 saturated heterocycles. The molecule has 0 aromatic carbocycles. The largest absolute Gasteiger partial charge is 0.112 e. The van der Waals surface area contributed by atoms with Gasteiger partial charge in [0.05, 0.1) is 0 Å². The van der Waals surface area contributed by atoms with E-state index in [4.69, 9.17) is 22.5 Å². The van der Waals surface area contributed by atoms with Gasteiger partial charge in [0.1, 0.15) is 6.63 Å². The first-order valence-electron chi connectivity index (χ1n) is 1.93. The third kappa shape index (κ3) is 3.34. The van der Waals surface area contributed by atoms with Gasteiger partial charge in [0.15, 0.2) is 0 Å². The number of hydrogen-bond acceptors (Lipinski definition) is 0. The molecular formula is C4H7Cl2P. The summed E-state index contributed by atoms with van der Waals surface area (Å²) < 4.78 is 0. The van der Waals surface area contributed by atoms with Crippen LogP contribution in [-0.2, 0) is 0 Å². The maximum Gasteiger partial charge on any atom is 0.112 e. The SMILES string of the molecule is CC=C(C)P(Cl)Cl. The molecule has 0 fully saturated rings. The van der Waals surface area contributed by atoms with Crippen molar-refractivity contribution < 1.29 is 0 Å². The van der Waals surface area contributed by atoms with Crippen LogP contribution in [0.3, 0.4) is 0 Å². The summed E-state index contributed by atoms with van der Waals surface area (Å²) in [5, 5.41) is 1.07. The summed E-state index contributed by atoms with van der Waals surface area (Å²) >= 11 is 11.0. The second kappa shape index (κ2) is 3.72. The number of hydrogen-bond donors (Lipinski definition) is 0. The van der Waals surface area contributed by atoms with Crippen LogP contribution in [0, 0.1) is 0 Å². The summed E-state index contributed by atoms with van der Waals surface area (Å²) in [7, 11) is 0. The Labute approximate surface area is 54.8 Å². The molecule has 0 saturated carbocycles. The summed E-state index contributed by atoms with van der Waals surface area (Å²) in [5.41, 5.74) is 0. The van der Waals surface area contributed by atoms with Crippen LogP contribution in [0.15, 0.2) is 11.4 Å². The highest BCUT2D eigenvalue weighted by Gasteiger charge is 1.96. The second-order valence-electron chi connectivity index (χ2n) is 1.16. The Bertz CT molecular complexity index is 77.8. The van der Waals surface area contributed by atoms with Gasteiger partial charge in [0, 0.05) is 0 Å². The van der Waals surface area contributed by atoms with E-state index in [9.17, 15) is 0 Å². The number of halogens is 2. The lowest BCUT2D eigenvalue weighted by atomic mass is 10.6. The topological polar surface area (TPSA) is 0 Å². The standard InChI is InChI=1S/C4H7Cl2P/c1-3-4(2)7(5)6/h3H,1-2H3. The highest BCUT2D eigenvalue weighted by Crippen LogP contribution is 2.54. The van der Waals surface area contributed by atoms with Crippen molar-refractivity contribution in [1.82, 2.24) is 0 Å². The van der Waals surface area contributed by atoms with Crippen LogP contribution < -0.4 is 0 Å². The summed E-state index contributed by atoms with van der Waals surface area (Å²) in [6, 6.07) is 0. The number of rotatable bonds is 1. The van der Waals surface area contributed by atoms with Crippen LogP contribution in [0.25, 0.3) is 0 Å². The van der Waals surface area contributed by atoms with E-state index in [2.05, 4.69) is 0 Å². The van der Waals surface area contributed by atoms with Gasteiger partial charge < -0.3 is 0 Å². The molecule has 0 radical (unpaired) electrons. The van der Waals surface area contributed by atoms with E-state index in [1.54, 1.807) is 0 Å². The first-order valence-corrected chi connectivity index (χ1v) is 5.08. The third-order valence-electron chi connectivity index (χ3n) is 0.684. The monoisotopic (exact) mass is 156 g/mol. The maximum absolute atomic E-state index is 5.49. The fourth-order valence-corrected chi connectivity index (χ4v) is 0.878. The van der Waals surface area contributed by atoms with Crippen LogP contribution >= 0.6 is 29.1 Å². The van der Waals surface area contributed by atoms with E-state index in [-0.39, 0.29) is 0 Å². The molecule has 0 spiro atoms. The van der Waals surface area contributed by atoms with Crippen molar-refractivity contribution in [2.75, 3.05) is 0 Å². The Hall–Kier alpha value is 0.750. The van der Waals surface area contributed by atoms with Gasteiger partial charge >= 0.3 is 0 Å². The van der Waals surface area contributed by atoms with Crippen molar-refractivity contribution in [3.05, 3.63) is 11.4 Å². The lowest BCUT2D eigenvalue weighted by molar-refractivity contribution is 1.60. The zero-order chi connectivity index (χ0) is 5.86. The van der Waals surface area contributed by atoms with Crippen molar-refractivity contribution in [1.29, 1.82) is 0 Å². The zero-order valence-corrected chi connectivity index (χ0v) is 6.69.